The predicted octanol–water partition coefficient (Wildman–Crippen LogP) is 0.918. The lowest BCUT2D eigenvalue weighted by atomic mass is 10.2. The van der Waals surface area contributed by atoms with Crippen molar-refractivity contribution in [1.82, 2.24) is 19.4 Å². The molecule has 1 aromatic carbocycles. The van der Waals surface area contributed by atoms with Crippen LogP contribution in [-0.4, -0.2) is 87.7 Å². The summed E-state index contributed by atoms with van der Waals surface area (Å²) in [5, 5.41) is 2.69. The maximum atomic E-state index is 12.1. The van der Waals surface area contributed by atoms with Crippen LogP contribution < -0.4 is 5.32 Å². The van der Waals surface area contributed by atoms with E-state index in [9.17, 15) is 13.2 Å². The molecule has 26 heavy (non-hydrogen) atoms. The largest absolute Gasteiger partial charge is 0.337 e. The number of benzene rings is 1. The molecule has 2 rings (SSSR count). The molecule has 8 heteroatoms. The van der Waals surface area contributed by atoms with E-state index < -0.39 is 10.0 Å². The van der Waals surface area contributed by atoms with Crippen LogP contribution in [0.25, 0.3) is 6.08 Å². The van der Waals surface area contributed by atoms with Gasteiger partial charge in [0.05, 0.1) is 5.75 Å². The van der Waals surface area contributed by atoms with Crippen LogP contribution in [0.3, 0.4) is 0 Å². The first-order valence-electron chi connectivity index (χ1n) is 8.75. The molecule has 0 saturated carbocycles. The van der Waals surface area contributed by atoms with Crippen molar-refractivity contribution in [1.29, 1.82) is 0 Å². The monoisotopic (exact) mass is 380 g/mol. The molecule has 2 amide bonds. The van der Waals surface area contributed by atoms with Gasteiger partial charge in [-0.05, 0) is 5.56 Å². The second kappa shape index (κ2) is 9.70. The number of piperazine rings is 1. The minimum atomic E-state index is -3.28. The Bertz CT molecular complexity index is 696. The molecule has 7 nitrogen and oxygen atoms in total. The van der Waals surface area contributed by atoms with Crippen LogP contribution in [0.1, 0.15) is 5.56 Å². The van der Waals surface area contributed by atoms with Crippen molar-refractivity contribution in [2.75, 3.05) is 59.1 Å². The number of carbonyl (C=O) groups is 1. The molecule has 0 aliphatic carbocycles. The third-order valence-electron chi connectivity index (χ3n) is 4.33. The smallest absolute Gasteiger partial charge is 0.317 e. The lowest BCUT2D eigenvalue weighted by Gasteiger charge is -2.34. The second-order valence-corrected chi connectivity index (χ2v) is 8.73. The standard InChI is InChI=1S/C18H28N4O3S/c1-20(2)26(24,25)16-10-19-18(23)22-14-12-21(13-15-22)11-6-9-17-7-4-3-5-8-17/h3-9H,10-16H2,1-2H3,(H,19,23)/b9-6+. The molecule has 0 aromatic heterocycles. The Kier molecular flexibility index (Phi) is 7.62. The molecule has 0 radical (unpaired) electrons. The number of rotatable bonds is 7. The highest BCUT2D eigenvalue weighted by molar-refractivity contribution is 7.89. The second-order valence-electron chi connectivity index (χ2n) is 6.43. The van der Waals surface area contributed by atoms with Crippen LogP contribution in [0.2, 0.25) is 0 Å². The average molecular weight is 381 g/mol. The van der Waals surface area contributed by atoms with Gasteiger partial charge in [0.25, 0.3) is 0 Å². The lowest BCUT2D eigenvalue weighted by molar-refractivity contribution is 0.147. The van der Waals surface area contributed by atoms with Crippen LogP contribution in [0.5, 0.6) is 0 Å². The van der Waals surface area contributed by atoms with Gasteiger partial charge in [0.1, 0.15) is 0 Å². The van der Waals surface area contributed by atoms with E-state index in [1.807, 2.05) is 18.2 Å². The van der Waals surface area contributed by atoms with Gasteiger partial charge in [-0.3, -0.25) is 4.90 Å². The van der Waals surface area contributed by atoms with E-state index in [-0.39, 0.29) is 18.3 Å². The fraction of sp³-hybridized carbons (Fsp3) is 0.500. The molecular formula is C18H28N4O3S. The van der Waals surface area contributed by atoms with Crippen molar-refractivity contribution in [3.63, 3.8) is 0 Å². The normalized spacial score (nSPS) is 16.3. The first-order chi connectivity index (χ1) is 12.4. The number of hydrogen-bond donors (Lipinski definition) is 1. The molecular weight excluding hydrogens is 352 g/mol. The highest BCUT2D eigenvalue weighted by Gasteiger charge is 2.21. The summed E-state index contributed by atoms with van der Waals surface area (Å²) in [7, 11) is -0.305. The molecule has 1 aliphatic heterocycles. The van der Waals surface area contributed by atoms with Crippen LogP contribution >= 0.6 is 0 Å². The number of nitrogens with one attached hydrogen (secondary N) is 1. The van der Waals surface area contributed by atoms with E-state index in [0.29, 0.717) is 13.1 Å². The Labute approximate surface area is 156 Å². The van der Waals surface area contributed by atoms with Gasteiger partial charge in [-0.15, -0.1) is 0 Å². The molecule has 1 aliphatic rings. The predicted molar refractivity (Wildman–Crippen MR) is 104 cm³/mol. The van der Waals surface area contributed by atoms with Crippen LogP contribution in [0.15, 0.2) is 36.4 Å². The molecule has 1 aromatic rings. The fourth-order valence-electron chi connectivity index (χ4n) is 2.62. The van der Waals surface area contributed by atoms with Gasteiger partial charge in [0.2, 0.25) is 10.0 Å². The van der Waals surface area contributed by atoms with E-state index in [2.05, 4.69) is 34.5 Å². The summed E-state index contributed by atoms with van der Waals surface area (Å²) in [6.07, 6.45) is 4.24. The molecule has 0 bridgehead atoms. The van der Waals surface area contributed by atoms with Crippen molar-refractivity contribution in [2.45, 2.75) is 0 Å². The molecule has 1 N–H and O–H groups in total. The summed E-state index contributed by atoms with van der Waals surface area (Å²) in [5.74, 6) is -0.0873. The Balaban J connectivity index is 1.67. The van der Waals surface area contributed by atoms with Gasteiger partial charge in [0.15, 0.2) is 0 Å². The summed E-state index contributed by atoms with van der Waals surface area (Å²) >= 11 is 0. The Morgan fingerprint density at radius 1 is 1.15 bits per heavy atom. The molecule has 1 fully saturated rings. The molecule has 1 heterocycles. The number of nitrogens with zero attached hydrogens (tertiary/aromatic N) is 3. The summed E-state index contributed by atoms with van der Waals surface area (Å²) in [5.41, 5.74) is 1.18. The first-order valence-corrected chi connectivity index (χ1v) is 10.4. The van der Waals surface area contributed by atoms with Crippen LogP contribution in [0, 0.1) is 0 Å². The third-order valence-corrected chi connectivity index (χ3v) is 6.16. The molecule has 0 atom stereocenters. The minimum absolute atomic E-state index is 0.0873. The van der Waals surface area contributed by atoms with E-state index >= 15 is 0 Å². The van der Waals surface area contributed by atoms with Crippen molar-refractivity contribution in [2.24, 2.45) is 0 Å². The zero-order valence-electron chi connectivity index (χ0n) is 15.5. The Morgan fingerprint density at radius 3 is 2.42 bits per heavy atom. The zero-order chi connectivity index (χ0) is 19.0. The fourth-order valence-corrected chi connectivity index (χ4v) is 3.34. The summed E-state index contributed by atoms with van der Waals surface area (Å²) < 4.78 is 24.5. The van der Waals surface area contributed by atoms with Gasteiger partial charge in [-0.25, -0.2) is 17.5 Å². The minimum Gasteiger partial charge on any atom is -0.337 e. The van der Waals surface area contributed by atoms with Crippen molar-refractivity contribution in [3.8, 4) is 0 Å². The van der Waals surface area contributed by atoms with E-state index in [4.69, 9.17) is 0 Å². The third kappa shape index (κ3) is 6.44. The Hall–Kier alpha value is -1.90. The van der Waals surface area contributed by atoms with Gasteiger partial charge >= 0.3 is 6.03 Å². The highest BCUT2D eigenvalue weighted by atomic mass is 32.2. The van der Waals surface area contributed by atoms with Crippen LogP contribution in [0.4, 0.5) is 4.79 Å². The maximum Gasteiger partial charge on any atom is 0.317 e. The summed E-state index contributed by atoms with van der Waals surface area (Å²) in [6, 6.07) is 9.96. The zero-order valence-corrected chi connectivity index (χ0v) is 16.3. The van der Waals surface area contributed by atoms with Crippen molar-refractivity contribution in [3.05, 3.63) is 42.0 Å². The quantitative estimate of drug-likeness (QED) is 0.763. The average Bonchev–Trinajstić information content (AvgIpc) is 2.63. The van der Waals surface area contributed by atoms with Crippen molar-refractivity contribution >= 4 is 22.1 Å². The highest BCUT2D eigenvalue weighted by Crippen LogP contribution is 2.05. The number of hydrogen-bond acceptors (Lipinski definition) is 4. The first kappa shape index (κ1) is 20.4. The molecule has 144 valence electrons. The van der Waals surface area contributed by atoms with E-state index in [0.717, 1.165) is 19.6 Å². The lowest BCUT2D eigenvalue weighted by Crippen LogP contribution is -2.52. The molecule has 1 saturated heterocycles. The molecule has 0 spiro atoms. The summed E-state index contributed by atoms with van der Waals surface area (Å²) in [6.45, 7) is 3.88. The summed E-state index contributed by atoms with van der Waals surface area (Å²) in [4.78, 5) is 16.2. The van der Waals surface area contributed by atoms with Crippen LogP contribution in [-0.2, 0) is 10.0 Å². The van der Waals surface area contributed by atoms with Gasteiger partial charge in [-0.1, -0.05) is 42.5 Å². The van der Waals surface area contributed by atoms with E-state index in [1.54, 1.807) is 4.90 Å². The maximum absolute atomic E-state index is 12.1. The number of urea groups is 1. The number of amides is 2. The topological polar surface area (TPSA) is 73.0 Å². The van der Waals surface area contributed by atoms with Gasteiger partial charge < -0.3 is 10.2 Å². The number of carbonyl (C=O) groups excluding carboxylic acids is 1. The van der Waals surface area contributed by atoms with E-state index in [1.165, 1.54) is 24.0 Å². The van der Waals surface area contributed by atoms with Crippen molar-refractivity contribution < 1.29 is 13.2 Å². The molecule has 0 unspecified atom stereocenters. The SMILES string of the molecule is CN(C)S(=O)(=O)CCNC(=O)N1CCN(C/C=C/c2ccccc2)CC1. The van der Waals surface area contributed by atoms with Gasteiger partial charge in [0, 0.05) is 53.4 Å². The van der Waals surface area contributed by atoms with Gasteiger partial charge in [-0.2, -0.15) is 0 Å². The Morgan fingerprint density at radius 2 is 1.81 bits per heavy atom. The number of sulfonamides is 1.